The zero-order valence-corrected chi connectivity index (χ0v) is 13.5. The van der Waals surface area contributed by atoms with Gasteiger partial charge in [0.05, 0.1) is 11.7 Å². The smallest absolute Gasteiger partial charge is 0.416 e. The molecule has 0 radical (unpaired) electrons. The highest BCUT2D eigenvalue weighted by Crippen LogP contribution is 2.38. The van der Waals surface area contributed by atoms with Gasteiger partial charge in [0.15, 0.2) is 0 Å². The van der Waals surface area contributed by atoms with E-state index in [0.29, 0.717) is 16.9 Å². The molecule has 0 bridgehead atoms. The Kier molecular flexibility index (Phi) is 4.99. The normalized spacial score (nSPS) is 21.2. The van der Waals surface area contributed by atoms with Crippen LogP contribution in [0, 0.1) is 5.82 Å². The molecular formula is C19H19F4NO. The molecule has 0 aliphatic heterocycles. The van der Waals surface area contributed by atoms with Gasteiger partial charge < -0.3 is 10.5 Å². The molecule has 1 aliphatic carbocycles. The predicted octanol–water partition coefficient (Wildman–Crippen LogP) is 5.16. The molecule has 2 aromatic carbocycles. The minimum atomic E-state index is -4.45. The summed E-state index contributed by atoms with van der Waals surface area (Å²) in [6.45, 7) is 0. The quantitative estimate of drug-likeness (QED) is 0.774. The average molecular weight is 353 g/mol. The maximum absolute atomic E-state index is 13.2. The standard InChI is InChI=1S/C19H19F4NO/c20-14-4-1-12(2-5-14)17-11-13(19(21,22)23)3-10-18(17)25-16-8-6-15(24)7-9-16/h1-5,10-11,15-16H,6-9,24H2/t15-,16-. The number of rotatable bonds is 3. The van der Waals surface area contributed by atoms with Crippen LogP contribution in [-0.4, -0.2) is 12.1 Å². The highest BCUT2D eigenvalue weighted by molar-refractivity contribution is 5.71. The first-order valence-electron chi connectivity index (χ1n) is 8.22. The Labute approximate surface area is 143 Å². The van der Waals surface area contributed by atoms with Gasteiger partial charge in [-0.15, -0.1) is 0 Å². The Morgan fingerprint density at radius 1 is 0.920 bits per heavy atom. The largest absolute Gasteiger partial charge is 0.490 e. The first-order valence-corrected chi connectivity index (χ1v) is 8.22. The fourth-order valence-electron chi connectivity index (χ4n) is 3.05. The van der Waals surface area contributed by atoms with Gasteiger partial charge in [0.2, 0.25) is 0 Å². The molecule has 2 aromatic rings. The van der Waals surface area contributed by atoms with Crippen LogP contribution in [0.1, 0.15) is 31.2 Å². The van der Waals surface area contributed by atoms with Crippen molar-refractivity contribution in [2.75, 3.05) is 0 Å². The molecule has 1 saturated carbocycles. The Hall–Kier alpha value is -2.08. The molecule has 2 nitrogen and oxygen atoms in total. The summed E-state index contributed by atoms with van der Waals surface area (Å²) in [7, 11) is 0. The van der Waals surface area contributed by atoms with Crippen LogP contribution in [-0.2, 0) is 6.18 Å². The molecule has 6 heteroatoms. The fourth-order valence-corrected chi connectivity index (χ4v) is 3.05. The van der Waals surface area contributed by atoms with Crippen molar-refractivity contribution in [3.63, 3.8) is 0 Å². The van der Waals surface area contributed by atoms with Crippen molar-refractivity contribution in [1.82, 2.24) is 0 Å². The van der Waals surface area contributed by atoms with Crippen molar-refractivity contribution in [2.24, 2.45) is 5.73 Å². The molecule has 0 amide bonds. The molecule has 0 unspecified atom stereocenters. The Bertz CT molecular complexity index is 719. The number of alkyl halides is 3. The van der Waals surface area contributed by atoms with E-state index in [9.17, 15) is 17.6 Å². The van der Waals surface area contributed by atoms with E-state index < -0.39 is 17.6 Å². The van der Waals surface area contributed by atoms with Crippen LogP contribution in [0.2, 0.25) is 0 Å². The molecule has 134 valence electrons. The lowest BCUT2D eigenvalue weighted by atomic mass is 9.93. The first-order chi connectivity index (χ1) is 11.8. The van der Waals surface area contributed by atoms with Crippen molar-refractivity contribution in [2.45, 2.75) is 44.0 Å². The van der Waals surface area contributed by atoms with Crippen molar-refractivity contribution in [3.8, 4) is 16.9 Å². The van der Waals surface area contributed by atoms with Gasteiger partial charge in [-0.2, -0.15) is 13.2 Å². The molecule has 0 saturated heterocycles. The molecule has 0 atom stereocenters. The van der Waals surface area contributed by atoms with Crippen LogP contribution in [0.4, 0.5) is 17.6 Å². The van der Waals surface area contributed by atoms with Crippen LogP contribution in [0.5, 0.6) is 5.75 Å². The van der Waals surface area contributed by atoms with Gasteiger partial charge in [0.1, 0.15) is 11.6 Å². The monoisotopic (exact) mass is 353 g/mol. The third kappa shape index (κ3) is 4.31. The third-order valence-electron chi connectivity index (χ3n) is 4.47. The van der Waals surface area contributed by atoms with E-state index >= 15 is 0 Å². The fraction of sp³-hybridized carbons (Fsp3) is 0.368. The van der Waals surface area contributed by atoms with Gasteiger partial charge in [-0.25, -0.2) is 4.39 Å². The summed E-state index contributed by atoms with van der Waals surface area (Å²) in [5.74, 6) is -0.0699. The molecule has 1 aliphatic rings. The Balaban J connectivity index is 1.94. The van der Waals surface area contributed by atoms with E-state index in [1.54, 1.807) is 0 Å². The van der Waals surface area contributed by atoms with E-state index in [1.807, 2.05) is 0 Å². The van der Waals surface area contributed by atoms with E-state index in [4.69, 9.17) is 10.5 Å². The Morgan fingerprint density at radius 3 is 2.16 bits per heavy atom. The van der Waals surface area contributed by atoms with Gasteiger partial charge in [-0.05, 0) is 61.6 Å². The number of hydrogen-bond acceptors (Lipinski definition) is 2. The van der Waals surface area contributed by atoms with E-state index in [2.05, 4.69) is 0 Å². The van der Waals surface area contributed by atoms with Crippen LogP contribution >= 0.6 is 0 Å². The summed E-state index contributed by atoms with van der Waals surface area (Å²) in [4.78, 5) is 0. The number of benzene rings is 2. The first kappa shape index (κ1) is 17.7. The highest BCUT2D eigenvalue weighted by atomic mass is 19.4. The molecule has 0 heterocycles. The summed E-state index contributed by atoms with van der Waals surface area (Å²) in [5, 5.41) is 0. The average Bonchev–Trinajstić information content (AvgIpc) is 2.57. The predicted molar refractivity (Wildman–Crippen MR) is 87.7 cm³/mol. The van der Waals surface area contributed by atoms with Crippen molar-refractivity contribution < 1.29 is 22.3 Å². The van der Waals surface area contributed by atoms with Crippen molar-refractivity contribution >= 4 is 0 Å². The summed E-state index contributed by atoms with van der Waals surface area (Å²) in [5.41, 5.74) is 5.91. The minimum absolute atomic E-state index is 0.0734. The van der Waals surface area contributed by atoms with E-state index in [1.165, 1.54) is 30.3 Å². The van der Waals surface area contributed by atoms with Gasteiger partial charge in [0.25, 0.3) is 0 Å². The zero-order valence-electron chi connectivity index (χ0n) is 13.5. The molecule has 1 fully saturated rings. The maximum atomic E-state index is 13.2. The lowest BCUT2D eigenvalue weighted by Crippen LogP contribution is -2.31. The third-order valence-corrected chi connectivity index (χ3v) is 4.47. The van der Waals surface area contributed by atoms with Crippen LogP contribution in [0.15, 0.2) is 42.5 Å². The second-order valence-electron chi connectivity index (χ2n) is 6.37. The van der Waals surface area contributed by atoms with Gasteiger partial charge in [-0.3, -0.25) is 0 Å². The summed E-state index contributed by atoms with van der Waals surface area (Å²) < 4.78 is 58.3. The minimum Gasteiger partial charge on any atom is -0.490 e. The molecule has 0 spiro atoms. The van der Waals surface area contributed by atoms with Crippen molar-refractivity contribution in [1.29, 1.82) is 0 Å². The second kappa shape index (κ2) is 7.04. The maximum Gasteiger partial charge on any atom is 0.416 e. The molecule has 3 rings (SSSR count). The van der Waals surface area contributed by atoms with Gasteiger partial charge >= 0.3 is 6.18 Å². The Morgan fingerprint density at radius 2 is 1.56 bits per heavy atom. The van der Waals surface area contributed by atoms with Crippen LogP contribution in [0.25, 0.3) is 11.1 Å². The van der Waals surface area contributed by atoms with Gasteiger partial charge in [-0.1, -0.05) is 12.1 Å². The number of halogens is 4. The number of hydrogen-bond donors (Lipinski definition) is 1. The topological polar surface area (TPSA) is 35.2 Å². The van der Waals surface area contributed by atoms with E-state index in [-0.39, 0.29) is 12.1 Å². The van der Waals surface area contributed by atoms with Crippen LogP contribution in [0.3, 0.4) is 0 Å². The second-order valence-corrected chi connectivity index (χ2v) is 6.37. The van der Waals surface area contributed by atoms with Gasteiger partial charge in [0, 0.05) is 11.6 Å². The summed E-state index contributed by atoms with van der Waals surface area (Å²) >= 11 is 0. The van der Waals surface area contributed by atoms with Crippen molar-refractivity contribution in [3.05, 3.63) is 53.8 Å². The molecule has 2 N–H and O–H groups in total. The molecule has 0 aromatic heterocycles. The number of ether oxygens (including phenoxy) is 1. The highest BCUT2D eigenvalue weighted by Gasteiger charge is 2.31. The van der Waals surface area contributed by atoms with Crippen LogP contribution < -0.4 is 10.5 Å². The van der Waals surface area contributed by atoms with E-state index in [0.717, 1.165) is 37.8 Å². The lowest BCUT2D eigenvalue weighted by Gasteiger charge is -2.28. The molecular weight excluding hydrogens is 334 g/mol. The number of nitrogens with two attached hydrogens (primary N) is 1. The zero-order chi connectivity index (χ0) is 18.0. The SMILES string of the molecule is N[C@H]1CC[C@H](Oc2ccc(C(F)(F)F)cc2-c2ccc(F)cc2)CC1. The summed E-state index contributed by atoms with van der Waals surface area (Å²) in [6.07, 6.45) is -1.33. The summed E-state index contributed by atoms with van der Waals surface area (Å²) in [6, 6.07) is 8.91. The lowest BCUT2D eigenvalue weighted by molar-refractivity contribution is -0.137. The molecule has 25 heavy (non-hydrogen) atoms.